The van der Waals surface area contributed by atoms with Gasteiger partial charge in [-0.2, -0.15) is 0 Å². The van der Waals surface area contributed by atoms with Crippen LogP contribution in [0, 0.1) is 34.6 Å². The first-order chi connectivity index (χ1) is 11.7. The van der Waals surface area contributed by atoms with Crippen molar-refractivity contribution < 1.29 is 8.42 Å². The maximum absolute atomic E-state index is 12.9. The maximum atomic E-state index is 12.9. The molecule has 0 aliphatic carbocycles. The molecule has 5 heteroatoms. The molecule has 1 fully saturated rings. The fourth-order valence-electron chi connectivity index (χ4n) is 3.92. The van der Waals surface area contributed by atoms with Gasteiger partial charge in [0.2, 0.25) is 10.0 Å². The van der Waals surface area contributed by atoms with Crippen molar-refractivity contribution in [3.05, 3.63) is 27.8 Å². The third-order valence-corrected chi connectivity index (χ3v) is 7.79. The predicted molar refractivity (Wildman–Crippen MR) is 105 cm³/mol. The summed E-state index contributed by atoms with van der Waals surface area (Å²) in [6.07, 6.45) is 4.68. The zero-order valence-electron chi connectivity index (χ0n) is 16.7. The van der Waals surface area contributed by atoms with Gasteiger partial charge in [0.1, 0.15) is 0 Å². The molecule has 0 bridgehead atoms. The zero-order valence-corrected chi connectivity index (χ0v) is 17.5. The molecule has 0 spiro atoms. The SMILES string of the molecule is Cc1c(C)c(C)c(S(=O)(=O)NCCCN2CCCCC2C)c(C)c1C. The number of hydrogen-bond donors (Lipinski definition) is 1. The van der Waals surface area contributed by atoms with Gasteiger partial charge in [0, 0.05) is 12.6 Å². The number of rotatable bonds is 6. The summed E-state index contributed by atoms with van der Waals surface area (Å²) in [5.74, 6) is 0. The lowest BCUT2D eigenvalue weighted by Crippen LogP contribution is -2.39. The van der Waals surface area contributed by atoms with E-state index >= 15 is 0 Å². The van der Waals surface area contributed by atoms with E-state index in [-0.39, 0.29) is 0 Å². The Balaban J connectivity index is 2.05. The van der Waals surface area contributed by atoms with E-state index in [1.807, 2.05) is 27.7 Å². The molecular formula is C20H34N2O2S. The van der Waals surface area contributed by atoms with E-state index in [4.69, 9.17) is 0 Å². The van der Waals surface area contributed by atoms with Crippen LogP contribution in [-0.4, -0.2) is 39.0 Å². The van der Waals surface area contributed by atoms with Crippen molar-refractivity contribution >= 4 is 10.0 Å². The molecule has 25 heavy (non-hydrogen) atoms. The van der Waals surface area contributed by atoms with Crippen LogP contribution in [0.3, 0.4) is 0 Å². The molecule has 1 aliphatic rings. The van der Waals surface area contributed by atoms with Crippen molar-refractivity contribution in [3.8, 4) is 0 Å². The van der Waals surface area contributed by atoms with Crippen molar-refractivity contribution in [1.82, 2.24) is 9.62 Å². The van der Waals surface area contributed by atoms with Gasteiger partial charge in [-0.05, 0) is 102 Å². The van der Waals surface area contributed by atoms with Crippen LogP contribution in [0.5, 0.6) is 0 Å². The third-order valence-electron chi connectivity index (χ3n) is 6.05. The maximum Gasteiger partial charge on any atom is 0.241 e. The van der Waals surface area contributed by atoms with Crippen molar-refractivity contribution in [2.75, 3.05) is 19.6 Å². The lowest BCUT2D eigenvalue weighted by Gasteiger charge is -2.33. The number of hydrogen-bond acceptors (Lipinski definition) is 3. The molecule has 1 atom stereocenters. The summed E-state index contributed by atoms with van der Waals surface area (Å²) < 4.78 is 28.6. The van der Waals surface area contributed by atoms with E-state index in [9.17, 15) is 8.42 Å². The predicted octanol–water partition coefficient (Wildman–Crippen LogP) is 3.77. The lowest BCUT2D eigenvalue weighted by atomic mass is 9.95. The van der Waals surface area contributed by atoms with Gasteiger partial charge in [-0.15, -0.1) is 0 Å². The molecule has 0 saturated carbocycles. The Bertz CT molecular complexity index is 697. The first-order valence-corrected chi connectivity index (χ1v) is 11.0. The molecular weight excluding hydrogens is 332 g/mol. The third kappa shape index (κ3) is 4.44. The van der Waals surface area contributed by atoms with Gasteiger partial charge in [-0.3, -0.25) is 0 Å². The first-order valence-electron chi connectivity index (χ1n) is 9.47. The minimum atomic E-state index is -3.47. The lowest BCUT2D eigenvalue weighted by molar-refractivity contribution is 0.159. The zero-order chi connectivity index (χ0) is 18.8. The van der Waals surface area contributed by atoms with Crippen molar-refractivity contribution in [2.45, 2.75) is 78.2 Å². The van der Waals surface area contributed by atoms with Crippen molar-refractivity contribution in [1.29, 1.82) is 0 Å². The largest absolute Gasteiger partial charge is 0.301 e. The molecule has 1 heterocycles. The van der Waals surface area contributed by atoms with E-state index < -0.39 is 10.0 Å². The Hall–Kier alpha value is -0.910. The standard InChI is InChI=1S/C20H34N2O2S/c1-14-10-7-8-12-22(14)13-9-11-21-25(23,24)20-18(5)16(3)15(2)17(4)19(20)6/h14,21H,7-13H2,1-6H3. The van der Waals surface area contributed by atoms with Crippen LogP contribution < -0.4 is 4.72 Å². The van der Waals surface area contributed by atoms with E-state index in [1.54, 1.807) is 0 Å². The Morgan fingerprint density at radius 3 is 2.08 bits per heavy atom. The molecule has 4 nitrogen and oxygen atoms in total. The molecule has 1 aliphatic heterocycles. The Morgan fingerprint density at radius 1 is 0.960 bits per heavy atom. The van der Waals surface area contributed by atoms with Gasteiger partial charge in [-0.25, -0.2) is 13.1 Å². The van der Waals surface area contributed by atoms with Gasteiger partial charge < -0.3 is 4.90 Å². The van der Waals surface area contributed by atoms with Crippen LogP contribution in [0.25, 0.3) is 0 Å². The summed E-state index contributed by atoms with van der Waals surface area (Å²) in [6.45, 7) is 14.8. The Labute approximate surface area is 154 Å². The molecule has 1 aromatic carbocycles. The summed E-state index contributed by atoms with van der Waals surface area (Å²) in [4.78, 5) is 2.95. The van der Waals surface area contributed by atoms with Gasteiger partial charge in [0.15, 0.2) is 0 Å². The molecule has 0 radical (unpaired) electrons. The number of benzene rings is 1. The van der Waals surface area contributed by atoms with Crippen LogP contribution in [0.4, 0.5) is 0 Å². The van der Waals surface area contributed by atoms with E-state index in [2.05, 4.69) is 23.5 Å². The van der Waals surface area contributed by atoms with Gasteiger partial charge >= 0.3 is 0 Å². The number of nitrogens with one attached hydrogen (secondary N) is 1. The molecule has 0 amide bonds. The molecule has 1 aromatic rings. The molecule has 2 rings (SSSR count). The molecule has 0 aromatic heterocycles. The van der Waals surface area contributed by atoms with Crippen LogP contribution in [0.2, 0.25) is 0 Å². The first kappa shape index (κ1) is 20.4. The minimum Gasteiger partial charge on any atom is -0.301 e. The summed E-state index contributed by atoms with van der Waals surface area (Å²) in [6, 6.07) is 0.622. The molecule has 1 unspecified atom stereocenters. The average molecular weight is 367 g/mol. The fourth-order valence-corrected chi connectivity index (χ4v) is 5.59. The summed E-state index contributed by atoms with van der Waals surface area (Å²) >= 11 is 0. The normalized spacial score (nSPS) is 19.4. The van der Waals surface area contributed by atoms with E-state index in [0.29, 0.717) is 17.5 Å². The van der Waals surface area contributed by atoms with Crippen LogP contribution in [-0.2, 0) is 10.0 Å². The fraction of sp³-hybridized carbons (Fsp3) is 0.700. The van der Waals surface area contributed by atoms with Crippen molar-refractivity contribution in [3.63, 3.8) is 0 Å². The second kappa shape index (κ2) is 8.19. The number of nitrogens with zero attached hydrogens (tertiary/aromatic N) is 1. The highest BCUT2D eigenvalue weighted by atomic mass is 32.2. The Morgan fingerprint density at radius 2 is 1.52 bits per heavy atom. The van der Waals surface area contributed by atoms with Crippen molar-refractivity contribution in [2.24, 2.45) is 0 Å². The van der Waals surface area contributed by atoms with E-state index in [0.717, 1.165) is 41.8 Å². The van der Waals surface area contributed by atoms with E-state index in [1.165, 1.54) is 24.8 Å². The van der Waals surface area contributed by atoms with Crippen LogP contribution >= 0.6 is 0 Å². The summed E-state index contributed by atoms with van der Waals surface area (Å²) in [5.41, 5.74) is 5.08. The quantitative estimate of drug-likeness (QED) is 0.780. The number of sulfonamides is 1. The van der Waals surface area contributed by atoms with Gasteiger partial charge in [0.25, 0.3) is 0 Å². The monoisotopic (exact) mass is 366 g/mol. The van der Waals surface area contributed by atoms with Crippen LogP contribution in [0.1, 0.15) is 60.4 Å². The second-order valence-electron chi connectivity index (χ2n) is 7.59. The summed E-state index contributed by atoms with van der Waals surface area (Å²) in [7, 11) is -3.47. The minimum absolute atomic E-state index is 0.472. The van der Waals surface area contributed by atoms with Gasteiger partial charge in [0.05, 0.1) is 4.90 Å². The highest BCUT2D eigenvalue weighted by molar-refractivity contribution is 7.89. The average Bonchev–Trinajstić information content (AvgIpc) is 2.56. The molecule has 1 saturated heterocycles. The molecule has 1 N–H and O–H groups in total. The highest BCUT2D eigenvalue weighted by Crippen LogP contribution is 2.29. The smallest absolute Gasteiger partial charge is 0.241 e. The van der Waals surface area contributed by atoms with Crippen LogP contribution in [0.15, 0.2) is 4.90 Å². The number of piperidine rings is 1. The molecule has 142 valence electrons. The summed E-state index contributed by atoms with van der Waals surface area (Å²) in [5, 5.41) is 0. The highest BCUT2D eigenvalue weighted by Gasteiger charge is 2.23. The second-order valence-corrected chi connectivity index (χ2v) is 9.29. The Kier molecular flexibility index (Phi) is 6.68. The number of likely N-dealkylation sites (tertiary alicyclic amines) is 1. The topological polar surface area (TPSA) is 49.4 Å². The van der Waals surface area contributed by atoms with Gasteiger partial charge in [-0.1, -0.05) is 6.42 Å².